The van der Waals surface area contributed by atoms with Crippen molar-refractivity contribution >= 4 is 0 Å². The Labute approximate surface area is 107 Å². The molecule has 2 nitrogen and oxygen atoms in total. The first kappa shape index (κ1) is 13.4. The molecule has 0 amide bonds. The molecule has 0 radical (unpaired) electrons. The molecule has 2 unspecified atom stereocenters. The van der Waals surface area contributed by atoms with Crippen LogP contribution in [0, 0.1) is 16.7 Å². The molecule has 2 atom stereocenters. The average Bonchev–Trinajstić information content (AvgIpc) is 2.96. The minimum absolute atomic E-state index is 0.542. The first-order valence-electron chi connectivity index (χ1n) is 7.19. The minimum Gasteiger partial charge on any atom is -0.385 e. The van der Waals surface area contributed by atoms with Gasteiger partial charge in [-0.2, -0.15) is 0 Å². The van der Waals surface area contributed by atoms with Gasteiger partial charge >= 0.3 is 0 Å². The van der Waals surface area contributed by atoms with Crippen LogP contribution >= 0.6 is 0 Å². The van der Waals surface area contributed by atoms with Crippen LogP contribution in [0.15, 0.2) is 0 Å². The van der Waals surface area contributed by atoms with E-state index in [9.17, 15) is 0 Å². The van der Waals surface area contributed by atoms with Gasteiger partial charge in [-0.3, -0.25) is 0 Å². The van der Waals surface area contributed by atoms with Gasteiger partial charge in [0.1, 0.15) is 0 Å². The molecule has 17 heavy (non-hydrogen) atoms. The highest BCUT2D eigenvalue weighted by molar-refractivity contribution is 4.98. The Morgan fingerprint density at radius 1 is 1.24 bits per heavy atom. The van der Waals surface area contributed by atoms with Crippen molar-refractivity contribution in [1.82, 2.24) is 5.32 Å². The Morgan fingerprint density at radius 2 is 1.94 bits per heavy atom. The summed E-state index contributed by atoms with van der Waals surface area (Å²) in [4.78, 5) is 0. The molecule has 2 saturated carbocycles. The minimum atomic E-state index is 0.542. The Hall–Kier alpha value is -0.0800. The Morgan fingerprint density at radius 3 is 2.41 bits per heavy atom. The lowest BCUT2D eigenvalue weighted by Gasteiger charge is -2.22. The van der Waals surface area contributed by atoms with E-state index < -0.39 is 0 Å². The van der Waals surface area contributed by atoms with Crippen LogP contribution in [-0.4, -0.2) is 26.3 Å². The first-order chi connectivity index (χ1) is 7.96. The van der Waals surface area contributed by atoms with E-state index in [-0.39, 0.29) is 0 Å². The van der Waals surface area contributed by atoms with E-state index in [1.807, 2.05) is 7.11 Å². The van der Waals surface area contributed by atoms with Gasteiger partial charge in [0.05, 0.1) is 0 Å². The van der Waals surface area contributed by atoms with Crippen LogP contribution in [0.3, 0.4) is 0 Å². The second kappa shape index (κ2) is 4.89. The maximum Gasteiger partial charge on any atom is 0.0468 e. The number of ether oxygens (including phenoxy) is 1. The molecule has 0 aromatic carbocycles. The molecule has 2 fully saturated rings. The third kappa shape index (κ3) is 3.45. The molecule has 0 saturated heterocycles. The molecule has 0 aromatic heterocycles. The Bertz CT molecular complexity index is 258. The lowest BCUT2D eigenvalue weighted by Crippen LogP contribution is -2.36. The standard InChI is InChI=1S/C15H29NO/c1-12-9-14(2,3)10-13(12)16-11-15(5-6-15)7-8-17-4/h12-13,16H,5-11H2,1-4H3. The van der Waals surface area contributed by atoms with Gasteiger partial charge in [0.25, 0.3) is 0 Å². The van der Waals surface area contributed by atoms with Crippen LogP contribution in [0.4, 0.5) is 0 Å². The summed E-state index contributed by atoms with van der Waals surface area (Å²) in [5, 5.41) is 3.84. The monoisotopic (exact) mass is 239 g/mol. The molecule has 2 aliphatic carbocycles. The molecule has 0 bridgehead atoms. The highest BCUT2D eigenvalue weighted by Gasteiger charge is 2.43. The Kier molecular flexibility index (Phi) is 3.84. The molecular formula is C15H29NO. The SMILES string of the molecule is COCCC1(CNC2CC(C)(C)CC2C)CC1. The third-order valence-electron chi connectivity index (χ3n) is 4.87. The van der Waals surface area contributed by atoms with E-state index in [2.05, 4.69) is 26.1 Å². The second-order valence-electron chi connectivity index (χ2n) is 7.28. The van der Waals surface area contributed by atoms with E-state index in [4.69, 9.17) is 4.74 Å². The molecule has 0 aromatic rings. The summed E-state index contributed by atoms with van der Waals surface area (Å²) in [6.07, 6.45) is 6.74. The maximum atomic E-state index is 5.22. The summed E-state index contributed by atoms with van der Waals surface area (Å²) in [7, 11) is 1.81. The molecule has 2 rings (SSSR count). The summed E-state index contributed by atoms with van der Waals surface area (Å²) >= 11 is 0. The normalized spacial score (nSPS) is 33.9. The zero-order valence-electron chi connectivity index (χ0n) is 12.0. The van der Waals surface area contributed by atoms with Crippen molar-refractivity contribution < 1.29 is 4.74 Å². The largest absolute Gasteiger partial charge is 0.385 e. The van der Waals surface area contributed by atoms with Crippen molar-refractivity contribution in [1.29, 1.82) is 0 Å². The number of rotatable bonds is 6. The van der Waals surface area contributed by atoms with Crippen molar-refractivity contribution in [2.24, 2.45) is 16.7 Å². The molecule has 0 aliphatic heterocycles. The smallest absolute Gasteiger partial charge is 0.0468 e. The van der Waals surface area contributed by atoms with Crippen molar-refractivity contribution in [2.45, 2.75) is 58.9 Å². The van der Waals surface area contributed by atoms with Gasteiger partial charge < -0.3 is 10.1 Å². The fourth-order valence-corrected chi connectivity index (χ4v) is 3.53. The van der Waals surface area contributed by atoms with Crippen molar-refractivity contribution in [2.75, 3.05) is 20.3 Å². The van der Waals surface area contributed by atoms with Crippen LogP contribution in [0.2, 0.25) is 0 Å². The average molecular weight is 239 g/mol. The highest BCUT2D eigenvalue weighted by atomic mass is 16.5. The maximum absolute atomic E-state index is 5.22. The van der Waals surface area contributed by atoms with Crippen molar-refractivity contribution in [3.63, 3.8) is 0 Å². The van der Waals surface area contributed by atoms with Gasteiger partial charge in [-0.25, -0.2) is 0 Å². The lowest BCUT2D eigenvalue weighted by molar-refractivity contribution is 0.169. The van der Waals surface area contributed by atoms with Crippen molar-refractivity contribution in [3.05, 3.63) is 0 Å². The highest BCUT2D eigenvalue weighted by Crippen LogP contribution is 2.49. The zero-order valence-corrected chi connectivity index (χ0v) is 12.0. The summed E-state index contributed by atoms with van der Waals surface area (Å²) in [5.41, 5.74) is 1.13. The van der Waals surface area contributed by atoms with E-state index in [1.54, 1.807) is 0 Å². The summed E-state index contributed by atoms with van der Waals surface area (Å²) < 4.78 is 5.22. The van der Waals surface area contributed by atoms with Crippen LogP contribution < -0.4 is 5.32 Å². The van der Waals surface area contributed by atoms with Crippen LogP contribution in [-0.2, 0) is 4.74 Å². The molecular weight excluding hydrogens is 210 g/mol. The molecule has 2 heteroatoms. The number of hydrogen-bond acceptors (Lipinski definition) is 2. The van der Waals surface area contributed by atoms with Crippen molar-refractivity contribution in [3.8, 4) is 0 Å². The van der Waals surface area contributed by atoms with Gasteiger partial charge in [0.2, 0.25) is 0 Å². The fourth-order valence-electron chi connectivity index (χ4n) is 3.53. The van der Waals surface area contributed by atoms with Crippen LogP contribution in [0.25, 0.3) is 0 Å². The van der Waals surface area contributed by atoms with Gasteiger partial charge in [-0.05, 0) is 48.9 Å². The third-order valence-corrected chi connectivity index (χ3v) is 4.87. The molecule has 1 N–H and O–H groups in total. The van der Waals surface area contributed by atoms with E-state index in [0.717, 1.165) is 18.6 Å². The van der Waals surface area contributed by atoms with Crippen LogP contribution in [0.5, 0.6) is 0 Å². The summed E-state index contributed by atoms with van der Waals surface area (Å²) in [6.45, 7) is 9.35. The number of methoxy groups -OCH3 is 1. The van der Waals surface area contributed by atoms with E-state index >= 15 is 0 Å². The molecule has 2 aliphatic rings. The summed E-state index contributed by atoms with van der Waals surface area (Å²) in [5.74, 6) is 0.836. The van der Waals surface area contributed by atoms with Gasteiger partial charge in [-0.15, -0.1) is 0 Å². The van der Waals surface area contributed by atoms with Crippen LogP contribution in [0.1, 0.15) is 52.9 Å². The number of hydrogen-bond donors (Lipinski definition) is 1. The fraction of sp³-hybridized carbons (Fsp3) is 1.00. The molecule has 0 heterocycles. The zero-order chi connectivity index (χ0) is 12.5. The van der Waals surface area contributed by atoms with Gasteiger partial charge in [0.15, 0.2) is 0 Å². The Balaban J connectivity index is 1.75. The lowest BCUT2D eigenvalue weighted by atomic mass is 9.91. The molecule has 0 spiro atoms. The number of nitrogens with one attached hydrogen (secondary N) is 1. The quantitative estimate of drug-likeness (QED) is 0.768. The topological polar surface area (TPSA) is 21.3 Å². The molecule has 100 valence electrons. The predicted octanol–water partition coefficient (Wildman–Crippen LogP) is 3.22. The van der Waals surface area contributed by atoms with Gasteiger partial charge in [-0.1, -0.05) is 20.8 Å². The van der Waals surface area contributed by atoms with Gasteiger partial charge in [0, 0.05) is 26.3 Å². The van der Waals surface area contributed by atoms with E-state index in [1.165, 1.54) is 38.6 Å². The summed E-state index contributed by atoms with van der Waals surface area (Å²) in [6, 6.07) is 0.741. The predicted molar refractivity (Wildman–Crippen MR) is 72.1 cm³/mol. The second-order valence-corrected chi connectivity index (χ2v) is 7.28. The first-order valence-corrected chi connectivity index (χ1v) is 7.19. The van der Waals surface area contributed by atoms with E-state index in [0.29, 0.717) is 10.8 Å².